The smallest absolute Gasteiger partial charge is 0.0820 e. The number of rotatable bonds is 4. The van der Waals surface area contributed by atoms with Gasteiger partial charge in [0.25, 0.3) is 0 Å². The first-order valence-electron chi connectivity index (χ1n) is 5.79. The Morgan fingerprint density at radius 3 is 2.38 bits per heavy atom. The quantitative estimate of drug-likeness (QED) is 0.806. The van der Waals surface area contributed by atoms with Gasteiger partial charge in [0.15, 0.2) is 0 Å². The number of nitrogens with zero attached hydrogens (tertiary/aromatic N) is 2. The highest BCUT2D eigenvalue weighted by atomic mass is 35.5. The molecule has 0 amide bonds. The summed E-state index contributed by atoms with van der Waals surface area (Å²) >= 11 is 6.06. The van der Waals surface area contributed by atoms with Crippen LogP contribution in [-0.2, 0) is 4.74 Å². The summed E-state index contributed by atoms with van der Waals surface area (Å²) in [6, 6.07) is 0.227. The van der Waals surface area contributed by atoms with Crippen molar-refractivity contribution >= 4 is 11.6 Å². The summed E-state index contributed by atoms with van der Waals surface area (Å²) in [6.07, 6.45) is 1.70. The van der Waals surface area contributed by atoms with Crippen molar-refractivity contribution in [2.75, 3.05) is 13.7 Å². The maximum Gasteiger partial charge on any atom is 0.0820 e. The Bertz CT molecular complexity index is 297. The Morgan fingerprint density at radius 1 is 1.38 bits per heavy atom. The van der Waals surface area contributed by atoms with E-state index in [4.69, 9.17) is 16.3 Å². The van der Waals surface area contributed by atoms with Gasteiger partial charge in [-0.25, -0.2) is 0 Å². The molecule has 0 aliphatic rings. The van der Waals surface area contributed by atoms with Gasteiger partial charge in [-0.05, 0) is 12.8 Å². The molecule has 1 unspecified atom stereocenters. The van der Waals surface area contributed by atoms with Gasteiger partial charge in [0.05, 0.1) is 29.6 Å². The Labute approximate surface area is 104 Å². The second-order valence-electron chi connectivity index (χ2n) is 3.78. The second kappa shape index (κ2) is 7.69. The third kappa shape index (κ3) is 3.80. The van der Waals surface area contributed by atoms with Gasteiger partial charge in [0.1, 0.15) is 0 Å². The van der Waals surface area contributed by atoms with Crippen LogP contribution in [0.1, 0.15) is 52.3 Å². The first-order chi connectivity index (χ1) is 7.57. The van der Waals surface area contributed by atoms with Gasteiger partial charge in [-0.1, -0.05) is 39.3 Å². The standard InChI is InChI=1S/C10H17ClN2O.C2H6/c1-7(2)10-9(11)5-12-13(10)8(3)6-14-4;1-2/h5,7-8H,6H2,1-4H3;1-2H3. The molecule has 0 bridgehead atoms. The lowest BCUT2D eigenvalue weighted by Crippen LogP contribution is -2.16. The number of hydrogen-bond donors (Lipinski definition) is 0. The summed E-state index contributed by atoms with van der Waals surface area (Å²) in [5.41, 5.74) is 1.08. The zero-order chi connectivity index (χ0) is 12.7. The first kappa shape index (κ1) is 15.5. The number of hydrogen-bond acceptors (Lipinski definition) is 2. The first-order valence-corrected chi connectivity index (χ1v) is 6.17. The van der Waals surface area contributed by atoms with Gasteiger partial charge in [-0.2, -0.15) is 5.10 Å². The zero-order valence-electron chi connectivity index (χ0n) is 11.1. The Hall–Kier alpha value is -0.540. The lowest BCUT2D eigenvalue weighted by atomic mass is 10.1. The molecule has 0 spiro atoms. The van der Waals surface area contributed by atoms with E-state index in [0.29, 0.717) is 12.5 Å². The van der Waals surface area contributed by atoms with Crippen LogP contribution in [0, 0.1) is 0 Å². The molecule has 0 fully saturated rings. The van der Waals surface area contributed by atoms with Crippen molar-refractivity contribution in [3.05, 3.63) is 16.9 Å². The predicted molar refractivity (Wildman–Crippen MR) is 69.3 cm³/mol. The molecule has 0 radical (unpaired) electrons. The van der Waals surface area contributed by atoms with Crippen molar-refractivity contribution in [1.82, 2.24) is 9.78 Å². The lowest BCUT2D eigenvalue weighted by Gasteiger charge is -2.16. The van der Waals surface area contributed by atoms with Crippen LogP contribution in [0.4, 0.5) is 0 Å². The number of ether oxygens (including phenoxy) is 1. The van der Waals surface area contributed by atoms with Crippen molar-refractivity contribution in [1.29, 1.82) is 0 Å². The number of aromatic nitrogens is 2. The van der Waals surface area contributed by atoms with Gasteiger partial charge in [-0.3, -0.25) is 4.68 Å². The van der Waals surface area contributed by atoms with Crippen molar-refractivity contribution in [3.8, 4) is 0 Å². The fourth-order valence-corrected chi connectivity index (χ4v) is 1.90. The van der Waals surface area contributed by atoms with E-state index in [1.54, 1.807) is 13.3 Å². The van der Waals surface area contributed by atoms with Gasteiger partial charge in [-0.15, -0.1) is 0 Å². The van der Waals surface area contributed by atoms with Gasteiger partial charge in [0.2, 0.25) is 0 Å². The van der Waals surface area contributed by atoms with Crippen molar-refractivity contribution < 1.29 is 4.74 Å². The van der Waals surface area contributed by atoms with Crippen LogP contribution in [0.2, 0.25) is 5.02 Å². The van der Waals surface area contributed by atoms with E-state index in [1.165, 1.54) is 0 Å². The van der Waals surface area contributed by atoms with Crippen LogP contribution in [0.3, 0.4) is 0 Å². The van der Waals surface area contributed by atoms with Gasteiger partial charge >= 0.3 is 0 Å². The van der Waals surface area contributed by atoms with Crippen molar-refractivity contribution in [2.24, 2.45) is 0 Å². The van der Waals surface area contributed by atoms with E-state index >= 15 is 0 Å². The molecule has 1 rings (SSSR count). The highest BCUT2D eigenvalue weighted by Gasteiger charge is 2.16. The molecule has 0 aromatic carbocycles. The van der Waals surface area contributed by atoms with E-state index in [0.717, 1.165) is 10.7 Å². The summed E-state index contributed by atoms with van der Waals surface area (Å²) in [5, 5.41) is 5.00. The normalized spacial score (nSPS) is 12.2. The maximum absolute atomic E-state index is 6.06. The molecule has 0 aliphatic heterocycles. The van der Waals surface area contributed by atoms with E-state index in [2.05, 4.69) is 25.9 Å². The Kier molecular flexibility index (Phi) is 7.43. The SMILES string of the molecule is CC.COCC(C)n1ncc(Cl)c1C(C)C. The molecule has 94 valence electrons. The summed E-state index contributed by atoms with van der Waals surface area (Å²) in [7, 11) is 1.69. The van der Waals surface area contributed by atoms with Crippen LogP contribution in [0.5, 0.6) is 0 Å². The molecule has 0 N–H and O–H groups in total. The van der Waals surface area contributed by atoms with E-state index < -0.39 is 0 Å². The summed E-state index contributed by atoms with van der Waals surface area (Å²) < 4.78 is 7.04. The van der Waals surface area contributed by atoms with Crippen LogP contribution in [-0.4, -0.2) is 23.5 Å². The van der Waals surface area contributed by atoms with Crippen LogP contribution < -0.4 is 0 Å². The monoisotopic (exact) mass is 246 g/mol. The average molecular weight is 247 g/mol. The number of halogens is 1. The third-order valence-electron chi connectivity index (χ3n) is 2.16. The highest BCUT2D eigenvalue weighted by molar-refractivity contribution is 6.31. The molecular formula is C12H23ClN2O. The molecule has 3 nitrogen and oxygen atoms in total. The average Bonchev–Trinajstić information content (AvgIpc) is 2.63. The summed E-state index contributed by atoms with van der Waals surface area (Å²) in [5.74, 6) is 0.379. The molecule has 1 heterocycles. The molecule has 0 aliphatic carbocycles. The summed E-state index contributed by atoms with van der Waals surface area (Å²) in [6.45, 7) is 10.9. The molecule has 16 heavy (non-hydrogen) atoms. The number of methoxy groups -OCH3 is 1. The van der Waals surface area contributed by atoms with Crippen LogP contribution >= 0.6 is 11.6 Å². The Morgan fingerprint density at radius 2 is 1.94 bits per heavy atom. The Balaban J connectivity index is 0.00000106. The molecule has 0 saturated heterocycles. The maximum atomic E-state index is 6.06. The second-order valence-corrected chi connectivity index (χ2v) is 4.19. The van der Waals surface area contributed by atoms with Crippen molar-refractivity contribution in [3.63, 3.8) is 0 Å². The largest absolute Gasteiger partial charge is 0.382 e. The minimum atomic E-state index is 0.227. The fraction of sp³-hybridized carbons (Fsp3) is 0.750. The topological polar surface area (TPSA) is 27.1 Å². The minimum absolute atomic E-state index is 0.227. The predicted octanol–water partition coefficient (Wildman–Crippen LogP) is 3.89. The van der Waals surface area contributed by atoms with Crippen LogP contribution in [0.15, 0.2) is 6.20 Å². The highest BCUT2D eigenvalue weighted by Crippen LogP contribution is 2.26. The van der Waals surface area contributed by atoms with Gasteiger partial charge < -0.3 is 4.74 Å². The summed E-state index contributed by atoms with van der Waals surface area (Å²) in [4.78, 5) is 0. The van der Waals surface area contributed by atoms with E-state index in [1.807, 2.05) is 18.5 Å². The minimum Gasteiger partial charge on any atom is -0.382 e. The third-order valence-corrected chi connectivity index (χ3v) is 2.45. The lowest BCUT2D eigenvalue weighted by molar-refractivity contribution is 0.155. The van der Waals surface area contributed by atoms with Crippen molar-refractivity contribution in [2.45, 2.75) is 46.6 Å². The molecule has 1 atom stereocenters. The molecular weight excluding hydrogens is 224 g/mol. The van der Waals surface area contributed by atoms with E-state index in [-0.39, 0.29) is 6.04 Å². The van der Waals surface area contributed by atoms with E-state index in [9.17, 15) is 0 Å². The fourth-order valence-electron chi connectivity index (χ4n) is 1.55. The van der Waals surface area contributed by atoms with Gasteiger partial charge in [0, 0.05) is 7.11 Å². The molecule has 0 saturated carbocycles. The zero-order valence-corrected chi connectivity index (χ0v) is 11.9. The molecule has 1 aromatic heterocycles. The van der Waals surface area contributed by atoms with Crippen LogP contribution in [0.25, 0.3) is 0 Å². The molecule has 1 aromatic rings. The molecule has 4 heteroatoms.